The van der Waals surface area contributed by atoms with E-state index in [1.807, 2.05) is 0 Å². The normalized spacial score (nSPS) is 18.7. The van der Waals surface area contributed by atoms with Crippen molar-refractivity contribution in [2.75, 3.05) is 19.7 Å². The molecule has 134 valence electrons. The van der Waals surface area contributed by atoms with Crippen LogP contribution in [0, 0.1) is 11.7 Å². The highest BCUT2D eigenvalue weighted by molar-refractivity contribution is 6.28. The number of nitrogens with zero attached hydrogens (tertiary/aromatic N) is 4. The van der Waals surface area contributed by atoms with Crippen molar-refractivity contribution in [3.8, 4) is 0 Å². The van der Waals surface area contributed by atoms with Crippen LogP contribution in [0.25, 0.3) is 0 Å². The third-order valence-corrected chi connectivity index (χ3v) is 4.06. The highest BCUT2D eigenvalue weighted by atomic mass is 19.1. The number of carbonyl (C=O) groups is 1. The predicted octanol–water partition coefficient (Wildman–Crippen LogP) is 2.21. The summed E-state index contributed by atoms with van der Waals surface area (Å²) in [6.07, 6.45) is 3.24. The predicted molar refractivity (Wildman–Crippen MR) is 97.1 cm³/mol. The lowest BCUT2D eigenvalue weighted by molar-refractivity contribution is -0.117. The summed E-state index contributed by atoms with van der Waals surface area (Å²) in [5.41, 5.74) is 1.94. The summed E-state index contributed by atoms with van der Waals surface area (Å²) in [7, 11) is 0. The molecule has 1 unspecified atom stereocenters. The zero-order valence-corrected chi connectivity index (χ0v) is 14.3. The van der Waals surface area contributed by atoms with E-state index in [0.717, 1.165) is 5.56 Å². The first-order valence-corrected chi connectivity index (χ1v) is 8.27. The maximum atomic E-state index is 14.1. The fourth-order valence-electron chi connectivity index (χ4n) is 2.90. The van der Waals surface area contributed by atoms with E-state index < -0.39 is 11.7 Å². The van der Waals surface area contributed by atoms with Crippen molar-refractivity contribution in [1.29, 1.82) is 0 Å². The van der Waals surface area contributed by atoms with Gasteiger partial charge in [0.1, 0.15) is 17.5 Å². The molecule has 0 radical (unpaired) electrons. The van der Waals surface area contributed by atoms with Gasteiger partial charge >= 0.3 is 0 Å². The molecule has 2 aromatic rings. The second kappa shape index (κ2) is 7.97. The number of aromatic nitrogens is 1. The number of aliphatic imine (C=N–C) groups is 1. The highest BCUT2D eigenvalue weighted by Crippen LogP contribution is 2.24. The SMILES string of the molecule is CC(=O)C1C(=Nc2ccccc2F)CN(CCO)N=C1c1ccncc1. The summed E-state index contributed by atoms with van der Waals surface area (Å²) in [5, 5.41) is 15.4. The van der Waals surface area contributed by atoms with Gasteiger partial charge in [0.05, 0.1) is 36.8 Å². The molecule has 0 fully saturated rings. The number of ketones is 1. The Labute approximate surface area is 150 Å². The van der Waals surface area contributed by atoms with Crippen LogP contribution in [0.3, 0.4) is 0 Å². The molecule has 1 aliphatic rings. The first kappa shape index (κ1) is 17.9. The van der Waals surface area contributed by atoms with Gasteiger partial charge in [-0.15, -0.1) is 0 Å². The van der Waals surface area contributed by atoms with E-state index in [9.17, 15) is 14.3 Å². The quantitative estimate of drug-likeness (QED) is 0.893. The van der Waals surface area contributed by atoms with Gasteiger partial charge in [-0.2, -0.15) is 5.10 Å². The van der Waals surface area contributed by atoms with Crippen LogP contribution in [0.1, 0.15) is 12.5 Å². The second-order valence-electron chi connectivity index (χ2n) is 5.93. The summed E-state index contributed by atoms with van der Waals surface area (Å²) >= 11 is 0. The van der Waals surface area contributed by atoms with Gasteiger partial charge in [-0.05, 0) is 31.2 Å². The summed E-state index contributed by atoms with van der Waals surface area (Å²) in [6, 6.07) is 9.69. The number of β-amino-alcohol motifs (C(OH)–C–C–N with tert-alkyl or cyclic N) is 1. The lowest BCUT2D eigenvalue weighted by Crippen LogP contribution is -2.44. The summed E-state index contributed by atoms with van der Waals surface area (Å²) < 4.78 is 14.1. The number of halogens is 1. The van der Waals surface area contributed by atoms with E-state index in [0.29, 0.717) is 11.4 Å². The van der Waals surface area contributed by atoms with E-state index in [4.69, 9.17) is 0 Å². The molecule has 1 aromatic carbocycles. The van der Waals surface area contributed by atoms with Crippen LogP contribution < -0.4 is 0 Å². The number of benzene rings is 1. The molecule has 0 saturated heterocycles. The third kappa shape index (κ3) is 3.83. The highest BCUT2D eigenvalue weighted by Gasteiger charge is 2.33. The molecule has 1 N–H and O–H groups in total. The number of hydrazone groups is 1. The number of Topliss-reactive ketones (excluding diaryl/α,β-unsaturated/α-hetero) is 1. The molecule has 3 rings (SSSR count). The van der Waals surface area contributed by atoms with Crippen LogP contribution >= 0.6 is 0 Å². The van der Waals surface area contributed by atoms with E-state index in [2.05, 4.69) is 15.1 Å². The average Bonchev–Trinajstić information content (AvgIpc) is 2.64. The Kier molecular flexibility index (Phi) is 5.48. The Morgan fingerprint density at radius 2 is 2.04 bits per heavy atom. The first-order chi connectivity index (χ1) is 12.6. The fraction of sp³-hybridized carbons (Fsp3) is 0.263. The van der Waals surface area contributed by atoms with E-state index >= 15 is 0 Å². The number of carbonyl (C=O) groups excluding carboxylic acids is 1. The molecule has 6 nitrogen and oxygen atoms in total. The number of pyridine rings is 1. The van der Waals surface area contributed by atoms with Crippen molar-refractivity contribution >= 4 is 22.9 Å². The Bertz CT molecular complexity index is 852. The third-order valence-electron chi connectivity index (χ3n) is 4.06. The molecule has 2 heterocycles. The van der Waals surface area contributed by atoms with Crippen LogP contribution in [0.4, 0.5) is 10.1 Å². The van der Waals surface area contributed by atoms with Gasteiger partial charge in [0.2, 0.25) is 0 Å². The Hall–Kier alpha value is -2.93. The van der Waals surface area contributed by atoms with Gasteiger partial charge in [-0.1, -0.05) is 12.1 Å². The largest absolute Gasteiger partial charge is 0.394 e. The molecule has 1 aliphatic heterocycles. The number of rotatable bonds is 5. The molecule has 26 heavy (non-hydrogen) atoms. The Morgan fingerprint density at radius 3 is 2.69 bits per heavy atom. The van der Waals surface area contributed by atoms with Crippen LogP contribution in [-0.4, -0.2) is 52.0 Å². The summed E-state index contributed by atoms with van der Waals surface area (Å²) in [5.74, 6) is -1.25. The van der Waals surface area contributed by atoms with Gasteiger partial charge in [0.25, 0.3) is 0 Å². The summed E-state index contributed by atoms with van der Waals surface area (Å²) in [6.45, 7) is 1.91. The van der Waals surface area contributed by atoms with Crippen molar-refractivity contribution in [2.24, 2.45) is 16.0 Å². The van der Waals surface area contributed by atoms with Gasteiger partial charge < -0.3 is 5.11 Å². The number of aliphatic hydroxyl groups excluding tert-OH is 1. The Balaban J connectivity index is 2.11. The zero-order valence-electron chi connectivity index (χ0n) is 14.3. The molecule has 0 saturated carbocycles. The van der Waals surface area contributed by atoms with Crippen molar-refractivity contribution in [3.05, 3.63) is 60.2 Å². The maximum absolute atomic E-state index is 14.1. The van der Waals surface area contributed by atoms with Crippen molar-refractivity contribution in [1.82, 2.24) is 9.99 Å². The lowest BCUT2D eigenvalue weighted by Gasteiger charge is -2.31. The van der Waals surface area contributed by atoms with Gasteiger partial charge in [-0.25, -0.2) is 4.39 Å². The van der Waals surface area contributed by atoms with Crippen molar-refractivity contribution in [2.45, 2.75) is 6.92 Å². The smallest absolute Gasteiger partial charge is 0.148 e. The van der Waals surface area contributed by atoms with Gasteiger partial charge in [0.15, 0.2) is 0 Å². The number of hydrogen-bond acceptors (Lipinski definition) is 6. The molecule has 1 aromatic heterocycles. The standard InChI is InChI=1S/C19H19FN4O2/c1-13(26)18-17(22-16-5-3-2-4-15(16)20)12-24(10-11-25)23-19(18)14-6-8-21-9-7-14/h2-9,18,25H,10-12H2,1H3. The lowest BCUT2D eigenvalue weighted by atomic mass is 9.88. The molecular weight excluding hydrogens is 335 g/mol. The molecule has 1 atom stereocenters. The van der Waals surface area contributed by atoms with E-state index in [1.165, 1.54) is 13.0 Å². The molecule has 0 bridgehead atoms. The number of aliphatic hydroxyl groups is 1. The molecule has 0 amide bonds. The minimum absolute atomic E-state index is 0.0924. The topological polar surface area (TPSA) is 78.2 Å². The minimum Gasteiger partial charge on any atom is -0.394 e. The van der Waals surface area contributed by atoms with Crippen LogP contribution in [0.15, 0.2) is 58.9 Å². The van der Waals surface area contributed by atoms with E-state index in [1.54, 1.807) is 47.7 Å². The first-order valence-electron chi connectivity index (χ1n) is 8.27. The molecule has 0 spiro atoms. The van der Waals surface area contributed by atoms with Crippen LogP contribution in [0.2, 0.25) is 0 Å². The number of para-hydroxylation sites is 1. The van der Waals surface area contributed by atoms with Crippen molar-refractivity contribution in [3.63, 3.8) is 0 Å². The fourth-order valence-corrected chi connectivity index (χ4v) is 2.90. The second-order valence-corrected chi connectivity index (χ2v) is 5.93. The van der Waals surface area contributed by atoms with Crippen LogP contribution in [0.5, 0.6) is 0 Å². The maximum Gasteiger partial charge on any atom is 0.148 e. The molecular formula is C19H19FN4O2. The zero-order chi connectivity index (χ0) is 18.5. The number of hydrogen-bond donors (Lipinski definition) is 1. The summed E-state index contributed by atoms with van der Waals surface area (Å²) in [4.78, 5) is 20.8. The monoisotopic (exact) mass is 354 g/mol. The van der Waals surface area contributed by atoms with Crippen LogP contribution in [-0.2, 0) is 4.79 Å². The van der Waals surface area contributed by atoms with E-state index in [-0.39, 0.29) is 31.2 Å². The van der Waals surface area contributed by atoms with Gasteiger partial charge in [-0.3, -0.25) is 19.8 Å². The average molecular weight is 354 g/mol. The van der Waals surface area contributed by atoms with Gasteiger partial charge in [0, 0.05) is 18.0 Å². The molecule has 7 heteroatoms. The Morgan fingerprint density at radius 1 is 1.31 bits per heavy atom. The van der Waals surface area contributed by atoms with Crippen molar-refractivity contribution < 1.29 is 14.3 Å². The molecule has 0 aliphatic carbocycles. The minimum atomic E-state index is -0.674.